The third-order valence-electron chi connectivity index (χ3n) is 3.12. The van der Waals surface area contributed by atoms with Gasteiger partial charge in [0.05, 0.1) is 33.8 Å². The fraction of sp³-hybridized carbons (Fsp3) is 0.500. The lowest BCUT2D eigenvalue weighted by molar-refractivity contribution is -0.144. The Hall–Kier alpha value is -1.71. The number of aliphatic imine (C=N–C) groups is 1. The van der Waals surface area contributed by atoms with E-state index in [4.69, 9.17) is 14.2 Å². The summed E-state index contributed by atoms with van der Waals surface area (Å²) in [5, 5.41) is 6.29. The Bertz CT molecular complexity index is 552. The van der Waals surface area contributed by atoms with Gasteiger partial charge in [0.15, 0.2) is 17.5 Å². The fourth-order valence-electron chi connectivity index (χ4n) is 1.86. The molecule has 0 saturated carbocycles. The zero-order valence-corrected chi connectivity index (χ0v) is 17.0. The Balaban J connectivity index is 0.00000529. The molecule has 2 N–H and O–H groups in total. The number of carbonyl (C=O) groups is 1. The van der Waals surface area contributed by atoms with Crippen molar-refractivity contribution < 1.29 is 19.0 Å². The highest BCUT2D eigenvalue weighted by Gasteiger charge is 2.13. The fourth-order valence-corrected chi connectivity index (χ4v) is 1.86. The van der Waals surface area contributed by atoms with Gasteiger partial charge in [0, 0.05) is 18.3 Å². The number of carbonyl (C=O) groups excluding carboxylic acids is 1. The molecule has 0 aliphatic heterocycles. The van der Waals surface area contributed by atoms with Crippen LogP contribution in [0.2, 0.25) is 0 Å². The molecule has 24 heavy (non-hydrogen) atoms. The topological polar surface area (TPSA) is 81.2 Å². The number of hydrogen-bond acceptors (Lipinski definition) is 5. The number of nitrogens with one attached hydrogen (secondary N) is 2. The first-order valence-electron chi connectivity index (χ1n) is 7.40. The van der Waals surface area contributed by atoms with Gasteiger partial charge in [-0.3, -0.25) is 9.79 Å². The monoisotopic (exact) mass is 451 g/mol. The molecule has 0 radical (unpaired) electrons. The first kappa shape index (κ1) is 22.3. The van der Waals surface area contributed by atoms with E-state index >= 15 is 0 Å². The molecule has 0 bridgehead atoms. The predicted molar refractivity (Wildman–Crippen MR) is 106 cm³/mol. The molecule has 8 heteroatoms. The highest BCUT2D eigenvalue weighted by molar-refractivity contribution is 14.0. The van der Waals surface area contributed by atoms with E-state index in [0.717, 1.165) is 5.69 Å². The quantitative estimate of drug-likeness (QED) is 0.287. The zero-order valence-electron chi connectivity index (χ0n) is 14.7. The molecule has 7 nitrogen and oxygen atoms in total. The Labute approximate surface area is 160 Å². The van der Waals surface area contributed by atoms with Crippen molar-refractivity contribution in [3.05, 3.63) is 18.2 Å². The van der Waals surface area contributed by atoms with E-state index in [1.807, 2.05) is 25.1 Å². The number of hydrogen-bond donors (Lipinski definition) is 2. The van der Waals surface area contributed by atoms with Crippen LogP contribution in [0.5, 0.6) is 11.5 Å². The van der Waals surface area contributed by atoms with Crippen LogP contribution in [0.3, 0.4) is 0 Å². The molecule has 0 aromatic heterocycles. The van der Waals surface area contributed by atoms with Crippen molar-refractivity contribution in [3.8, 4) is 11.5 Å². The summed E-state index contributed by atoms with van der Waals surface area (Å²) in [6, 6.07) is 5.48. The number of esters is 1. The molecule has 0 aliphatic rings. The molecular formula is C16H26IN3O4. The summed E-state index contributed by atoms with van der Waals surface area (Å²) in [5.74, 6) is 1.27. The van der Waals surface area contributed by atoms with Crippen molar-refractivity contribution in [1.29, 1.82) is 0 Å². The molecule has 1 aromatic rings. The van der Waals surface area contributed by atoms with Gasteiger partial charge in [0.25, 0.3) is 0 Å². The van der Waals surface area contributed by atoms with Crippen molar-refractivity contribution in [2.45, 2.75) is 13.8 Å². The van der Waals surface area contributed by atoms with Crippen LogP contribution in [0, 0.1) is 5.92 Å². The number of nitrogens with zero attached hydrogens (tertiary/aromatic N) is 1. The number of anilines is 1. The first-order chi connectivity index (χ1) is 11.0. The molecule has 1 aromatic carbocycles. The summed E-state index contributed by atoms with van der Waals surface area (Å²) in [5.41, 5.74) is 0.799. The number of rotatable bonds is 7. The van der Waals surface area contributed by atoms with Crippen LogP contribution in [0.1, 0.15) is 13.8 Å². The summed E-state index contributed by atoms with van der Waals surface area (Å²) in [7, 11) is 4.54. The molecule has 0 heterocycles. The van der Waals surface area contributed by atoms with Gasteiger partial charge in [-0.2, -0.15) is 0 Å². The van der Waals surface area contributed by atoms with Crippen LogP contribution in [-0.4, -0.2) is 46.3 Å². The van der Waals surface area contributed by atoms with Crippen molar-refractivity contribution in [3.63, 3.8) is 0 Å². The van der Waals surface area contributed by atoms with E-state index in [1.165, 1.54) is 7.11 Å². The third-order valence-corrected chi connectivity index (χ3v) is 3.12. The minimum atomic E-state index is -0.305. The maximum absolute atomic E-state index is 11.4. The van der Waals surface area contributed by atoms with Crippen molar-refractivity contribution in [2.75, 3.05) is 39.7 Å². The normalized spacial score (nSPS) is 11.8. The average Bonchev–Trinajstić information content (AvgIpc) is 2.58. The predicted octanol–water partition coefficient (Wildman–Crippen LogP) is 2.51. The summed E-state index contributed by atoms with van der Waals surface area (Å²) in [4.78, 5) is 15.8. The number of benzene rings is 1. The van der Waals surface area contributed by atoms with Crippen LogP contribution < -0.4 is 20.1 Å². The standard InChI is InChI=1S/C16H25N3O4.HI/c1-6-17-16(18-10-11(2)15(20)23-5)19-12-7-8-13(21-3)14(9-12)22-4;/h7-9,11H,6,10H2,1-5H3,(H2,17,18,19);1H. The third kappa shape index (κ3) is 6.81. The highest BCUT2D eigenvalue weighted by atomic mass is 127. The van der Waals surface area contributed by atoms with Gasteiger partial charge in [-0.1, -0.05) is 6.92 Å². The Kier molecular flexibility index (Phi) is 10.9. The molecular weight excluding hydrogens is 425 g/mol. The number of halogens is 1. The molecule has 0 fully saturated rings. The summed E-state index contributed by atoms with van der Waals surface area (Å²) in [6.07, 6.45) is 0. The lowest BCUT2D eigenvalue weighted by atomic mass is 10.2. The Morgan fingerprint density at radius 1 is 1.21 bits per heavy atom. The Morgan fingerprint density at radius 2 is 1.88 bits per heavy atom. The van der Waals surface area contributed by atoms with Crippen LogP contribution in [0.15, 0.2) is 23.2 Å². The van der Waals surface area contributed by atoms with E-state index < -0.39 is 0 Å². The van der Waals surface area contributed by atoms with E-state index in [1.54, 1.807) is 21.1 Å². The van der Waals surface area contributed by atoms with Crippen LogP contribution in [0.25, 0.3) is 0 Å². The highest BCUT2D eigenvalue weighted by Crippen LogP contribution is 2.29. The first-order valence-corrected chi connectivity index (χ1v) is 7.40. The van der Waals surface area contributed by atoms with Gasteiger partial charge >= 0.3 is 5.97 Å². The molecule has 0 amide bonds. The van der Waals surface area contributed by atoms with Crippen LogP contribution in [-0.2, 0) is 9.53 Å². The van der Waals surface area contributed by atoms with Gasteiger partial charge in [-0.05, 0) is 19.1 Å². The maximum Gasteiger partial charge on any atom is 0.310 e. The second-order valence-corrected chi connectivity index (χ2v) is 4.84. The molecule has 1 unspecified atom stereocenters. The van der Waals surface area contributed by atoms with Crippen LogP contribution in [0.4, 0.5) is 5.69 Å². The van der Waals surface area contributed by atoms with Crippen molar-refractivity contribution >= 4 is 41.6 Å². The zero-order chi connectivity index (χ0) is 17.2. The number of guanidine groups is 1. The Morgan fingerprint density at radius 3 is 2.42 bits per heavy atom. The largest absolute Gasteiger partial charge is 0.493 e. The molecule has 1 rings (SSSR count). The van der Waals surface area contributed by atoms with Crippen molar-refractivity contribution in [1.82, 2.24) is 5.32 Å². The molecule has 136 valence electrons. The van der Waals surface area contributed by atoms with E-state index in [9.17, 15) is 4.79 Å². The maximum atomic E-state index is 11.4. The molecule has 0 saturated heterocycles. The minimum Gasteiger partial charge on any atom is -0.493 e. The second kappa shape index (κ2) is 11.8. The summed E-state index contributed by atoms with van der Waals surface area (Å²) in [6.45, 7) is 4.77. The molecule has 0 spiro atoms. The van der Waals surface area contributed by atoms with Gasteiger partial charge in [-0.25, -0.2) is 0 Å². The lowest BCUT2D eigenvalue weighted by Gasteiger charge is -2.14. The van der Waals surface area contributed by atoms with Crippen molar-refractivity contribution in [2.24, 2.45) is 10.9 Å². The minimum absolute atomic E-state index is 0. The van der Waals surface area contributed by atoms with E-state index in [-0.39, 0.29) is 35.9 Å². The SMILES string of the molecule is CCNC(=NCC(C)C(=O)OC)Nc1ccc(OC)c(OC)c1.I. The van der Waals surface area contributed by atoms with Gasteiger partial charge in [-0.15, -0.1) is 24.0 Å². The molecule has 0 aliphatic carbocycles. The number of methoxy groups -OCH3 is 3. The number of ether oxygens (including phenoxy) is 3. The van der Waals surface area contributed by atoms with E-state index in [0.29, 0.717) is 30.5 Å². The van der Waals surface area contributed by atoms with Gasteiger partial charge in [0.2, 0.25) is 0 Å². The lowest BCUT2D eigenvalue weighted by Crippen LogP contribution is -2.31. The van der Waals surface area contributed by atoms with E-state index in [2.05, 4.69) is 15.6 Å². The summed E-state index contributed by atoms with van der Waals surface area (Å²) < 4.78 is 15.2. The smallest absolute Gasteiger partial charge is 0.310 e. The summed E-state index contributed by atoms with van der Waals surface area (Å²) >= 11 is 0. The van der Waals surface area contributed by atoms with Gasteiger partial charge < -0.3 is 24.8 Å². The molecule has 1 atom stereocenters. The second-order valence-electron chi connectivity index (χ2n) is 4.84. The van der Waals surface area contributed by atoms with Gasteiger partial charge in [0.1, 0.15) is 0 Å². The van der Waals surface area contributed by atoms with Crippen LogP contribution >= 0.6 is 24.0 Å². The average molecular weight is 451 g/mol.